The second-order valence-corrected chi connectivity index (χ2v) is 16.1. The number of allylic oxidation sites excluding steroid dienone is 2. The minimum Gasteiger partial charge on any atom is -0.507 e. The number of anilines is 3. The van der Waals surface area contributed by atoms with Crippen LogP contribution in [0.3, 0.4) is 0 Å². The van der Waals surface area contributed by atoms with E-state index in [2.05, 4.69) is 10.2 Å². The standard InChI is InChI=1S/C42H36Cl2FN5O5/c1-22-19-24(20-23(2)36(22)51)35-31-17-18-32-34(33(31)21-41(43)39(54)50(40(55)42(35,41)44)30-11-5-25(45)6-12-30)38(53)49(37(32)52)29-15-9-27(10-16-29)47-46-26-7-13-28(14-8-26)48(3)4/h5-17,19-20,32-35,51H,18,21H2,1-4H3/t32-,33+,34-,35-,41+,42-/m0/s1. The van der Waals surface area contributed by atoms with Crippen LogP contribution in [0.5, 0.6) is 5.75 Å². The summed E-state index contributed by atoms with van der Waals surface area (Å²) in [5.41, 5.74) is 4.85. The first-order valence-electron chi connectivity index (χ1n) is 17.8. The van der Waals surface area contributed by atoms with E-state index in [1.165, 1.54) is 17.0 Å². The Morgan fingerprint density at radius 3 is 1.89 bits per heavy atom. The number of aromatic hydroxyl groups is 1. The van der Waals surface area contributed by atoms with E-state index in [4.69, 9.17) is 23.2 Å². The molecular weight excluding hydrogens is 744 g/mol. The SMILES string of the molecule is Cc1cc([C@H]2C3=CC[C@@H]4C(=O)N(c5ccc(N=Nc6ccc(N(C)C)cc6)cc5)C(=O)[C@@H]4[C@@H]3C[C@@]3(Cl)C(=O)N(c4ccc(F)cc4)C(=O)[C@@]23Cl)cc(C)c1O. The van der Waals surface area contributed by atoms with Crippen LogP contribution in [0.2, 0.25) is 0 Å². The summed E-state index contributed by atoms with van der Waals surface area (Å²) in [7, 11) is 3.90. The molecule has 2 saturated heterocycles. The molecule has 55 heavy (non-hydrogen) atoms. The highest BCUT2D eigenvalue weighted by Crippen LogP contribution is 2.66. The summed E-state index contributed by atoms with van der Waals surface area (Å²) in [6.07, 6.45) is 1.84. The minimum atomic E-state index is -2.07. The van der Waals surface area contributed by atoms with Crippen LogP contribution in [0.1, 0.15) is 35.4 Å². The van der Waals surface area contributed by atoms with Crippen molar-refractivity contribution in [1.29, 1.82) is 0 Å². The van der Waals surface area contributed by atoms with Crippen molar-refractivity contribution in [2.75, 3.05) is 28.8 Å². The van der Waals surface area contributed by atoms with Gasteiger partial charge in [-0.2, -0.15) is 10.2 Å². The lowest BCUT2D eigenvalue weighted by Gasteiger charge is -2.50. The third kappa shape index (κ3) is 5.50. The van der Waals surface area contributed by atoms with Gasteiger partial charge in [-0.15, -0.1) is 23.2 Å². The van der Waals surface area contributed by atoms with Gasteiger partial charge >= 0.3 is 0 Å². The molecule has 1 N–H and O–H groups in total. The molecule has 3 fully saturated rings. The number of aryl methyl sites for hydroxylation is 2. The van der Waals surface area contributed by atoms with Crippen LogP contribution in [-0.2, 0) is 19.2 Å². The molecule has 0 aromatic heterocycles. The molecule has 1 saturated carbocycles. The number of hydrogen-bond acceptors (Lipinski definition) is 8. The zero-order valence-electron chi connectivity index (χ0n) is 30.3. The molecule has 4 aromatic rings. The highest BCUT2D eigenvalue weighted by molar-refractivity contribution is 6.58. The van der Waals surface area contributed by atoms with Crippen molar-refractivity contribution in [3.05, 3.63) is 119 Å². The van der Waals surface area contributed by atoms with Crippen molar-refractivity contribution in [2.45, 2.75) is 42.4 Å². The van der Waals surface area contributed by atoms with E-state index in [9.17, 15) is 28.7 Å². The number of imide groups is 2. The van der Waals surface area contributed by atoms with E-state index in [0.717, 1.165) is 22.7 Å². The lowest BCUT2D eigenvalue weighted by molar-refractivity contribution is -0.125. The Bertz CT molecular complexity index is 2330. The molecule has 8 rings (SSSR count). The van der Waals surface area contributed by atoms with Crippen molar-refractivity contribution < 1.29 is 28.7 Å². The molecule has 0 spiro atoms. The van der Waals surface area contributed by atoms with E-state index in [1.807, 2.05) is 49.3 Å². The second kappa shape index (κ2) is 13.1. The van der Waals surface area contributed by atoms with Crippen LogP contribution >= 0.6 is 23.2 Å². The van der Waals surface area contributed by atoms with Gasteiger partial charge in [-0.05, 0) is 122 Å². The average Bonchev–Trinajstić information content (AvgIpc) is 3.50. The fourth-order valence-corrected chi connectivity index (χ4v) is 9.72. The number of benzene rings is 4. The van der Waals surface area contributed by atoms with Crippen LogP contribution in [0.15, 0.2) is 107 Å². The summed E-state index contributed by atoms with van der Waals surface area (Å²) in [4.78, 5) is 57.7. The normalized spacial score (nSPS) is 27.4. The third-order valence-electron chi connectivity index (χ3n) is 11.5. The van der Waals surface area contributed by atoms with Gasteiger partial charge in [-0.1, -0.05) is 23.8 Å². The summed E-state index contributed by atoms with van der Waals surface area (Å²) >= 11 is 15.0. The first-order chi connectivity index (χ1) is 26.1. The summed E-state index contributed by atoms with van der Waals surface area (Å²) in [5, 5.41) is 19.3. The van der Waals surface area contributed by atoms with Crippen molar-refractivity contribution in [3.8, 4) is 5.75 Å². The molecule has 0 radical (unpaired) electrons. The van der Waals surface area contributed by atoms with Gasteiger partial charge in [-0.25, -0.2) is 9.29 Å². The van der Waals surface area contributed by atoms with Crippen molar-refractivity contribution in [1.82, 2.24) is 0 Å². The first kappa shape index (κ1) is 36.6. The second-order valence-electron chi connectivity index (χ2n) is 14.9. The Morgan fingerprint density at radius 1 is 0.764 bits per heavy atom. The van der Waals surface area contributed by atoms with Gasteiger partial charge in [0.05, 0.1) is 34.6 Å². The summed E-state index contributed by atoms with van der Waals surface area (Å²) < 4.78 is 14.0. The lowest BCUT2D eigenvalue weighted by atomic mass is 9.56. The smallest absolute Gasteiger partial charge is 0.258 e. The summed E-state index contributed by atoms with van der Waals surface area (Å²) in [5.74, 6) is -6.34. The molecule has 2 aliphatic heterocycles. The fraction of sp³-hybridized carbons (Fsp3) is 0.286. The number of halogens is 3. The Kier molecular flexibility index (Phi) is 8.73. The van der Waals surface area contributed by atoms with Gasteiger partial charge in [0.25, 0.3) is 11.8 Å². The van der Waals surface area contributed by atoms with Gasteiger partial charge in [0, 0.05) is 25.7 Å². The topological polar surface area (TPSA) is 123 Å². The number of phenols is 1. The molecule has 10 nitrogen and oxygen atoms in total. The molecule has 4 amide bonds. The Morgan fingerprint density at radius 2 is 1.31 bits per heavy atom. The number of alkyl halides is 2. The number of amides is 4. The van der Waals surface area contributed by atoms with E-state index in [0.29, 0.717) is 39.3 Å². The Labute approximate surface area is 326 Å². The third-order valence-corrected chi connectivity index (χ3v) is 12.9. The zero-order valence-corrected chi connectivity index (χ0v) is 31.8. The monoisotopic (exact) mass is 779 g/mol. The quantitative estimate of drug-likeness (QED) is 0.0908. The number of carbonyl (C=O) groups excluding carboxylic acids is 4. The lowest BCUT2D eigenvalue weighted by Crippen LogP contribution is -2.60. The number of azo groups is 1. The van der Waals surface area contributed by atoms with Gasteiger partial charge in [0.1, 0.15) is 11.6 Å². The van der Waals surface area contributed by atoms with Crippen LogP contribution in [0.4, 0.5) is 32.8 Å². The molecule has 2 heterocycles. The molecule has 0 unspecified atom stereocenters. The average molecular weight is 781 g/mol. The van der Waals surface area contributed by atoms with E-state index in [-0.39, 0.29) is 30.2 Å². The van der Waals surface area contributed by atoms with Crippen LogP contribution in [0.25, 0.3) is 0 Å². The van der Waals surface area contributed by atoms with Gasteiger partial charge in [0.15, 0.2) is 9.75 Å². The number of phenolic OH excluding ortho intramolecular Hbond substituents is 1. The number of nitrogens with zero attached hydrogens (tertiary/aromatic N) is 5. The number of carbonyl (C=O) groups is 4. The van der Waals surface area contributed by atoms with Crippen molar-refractivity contribution >= 4 is 75.3 Å². The molecule has 280 valence electrons. The Balaban J connectivity index is 1.16. The van der Waals surface area contributed by atoms with Crippen molar-refractivity contribution in [3.63, 3.8) is 0 Å². The molecule has 6 atom stereocenters. The van der Waals surface area contributed by atoms with Crippen LogP contribution in [-0.4, -0.2) is 52.6 Å². The van der Waals surface area contributed by atoms with E-state index < -0.39 is 57.0 Å². The molecular formula is C42H36Cl2FN5O5. The van der Waals surface area contributed by atoms with Crippen molar-refractivity contribution in [2.24, 2.45) is 28.0 Å². The first-order valence-corrected chi connectivity index (χ1v) is 18.6. The van der Waals surface area contributed by atoms with E-state index in [1.54, 1.807) is 50.2 Å². The largest absolute Gasteiger partial charge is 0.507 e. The minimum absolute atomic E-state index is 0.0645. The molecule has 2 aliphatic carbocycles. The summed E-state index contributed by atoms with van der Waals surface area (Å²) in [6.45, 7) is 3.43. The Hall–Kier alpha value is -5.39. The van der Waals surface area contributed by atoms with Gasteiger partial charge < -0.3 is 10.0 Å². The predicted octanol–water partition coefficient (Wildman–Crippen LogP) is 8.40. The molecule has 0 bridgehead atoms. The van der Waals surface area contributed by atoms with Crippen LogP contribution < -0.4 is 14.7 Å². The summed E-state index contributed by atoms with van der Waals surface area (Å²) in [6, 6.07) is 22.5. The number of rotatable bonds is 6. The molecule has 4 aliphatic rings. The van der Waals surface area contributed by atoms with Gasteiger partial charge in [0.2, 0.25) is 11.8 Å². The van der Waals surface area contributed by atoms with E-state index >= 15 is 0 Å². The fourth-order valence-electron chi connectivity index (χ4n) is 8.78. The zero-order chi connectivity index (χ0) is 39.1. The maximum Gasteiger partial charge on any atom is 0.258 e. The van der Waals surface area contributed by atoms with Crippen LogP contribution in [0, 0.1) is 37.4 Å². The maximum absolute atomic E-state index is 14.6. The predicted molar refractivity (Wildman–Crippen MR) is 208 cm³/mol. The number of fused-ring (bicyclic) bond motifs is 4. The van der Waals surface area contributed by atoms with Gasteiger partial charge in [-0.3, -0.25) is 24.1 Å². The number of hydrogen-bond donors (Lipinski definition) is 1. The molecule has 4 aromatic carbocycles. The molecule has 13 heteroatoms. The highest BCUT2D eigenvalue weighted by atomic mass is 35.5. The highest BCUT2D eigenvalue weighted by Gasteiger charge is 2.76. The maximum atomic E-state index is 14.6.